The van der Waals surface area contributed by atoms with E-state index in [0.29, 0.717) is 11.4 Å². The number of fused-ring (bicyclic) bond motifs is 1. The van der Waals surface area contributed by atoms with Gasteiger partial charge in [0.2, 0.25) is 21.8 Å². The first-order valence-electron chi connectivity index (χ1n) is 10.7. The van der Waals surface area contributed by atoms with Gasteiger partial charge in [-0.1, -0.05) is 60.7 Å². The third-order valence-electron chi connectivity index (χ3n) is 5.52. The van der Waals surface area contributed by atoms with Crippen LogP contribution < -0.4 is 10.2 Å². The highest BCUT2D eigenvalue weighted by molar-refractivity contribution is 7.89. The molecule has 33 heavy (non-hydrogen) atoms. The largest absolute Gasteiger partial charge is 0.324 e. The van der Waals surface area contributed by atoms with Crippen LogP contribution in [0.1, 0.15) is 18.9 Å². The number of hydrogen-bond acceptors (Lipinski definition) is 4. The van der Waals surface area contributed by atoms with Crippen molar-refractivity contribution in [2.45, 2.75) is 30.8 Å². The minimum Gasteiger partial charge on any atom is -0.324 e. The Hall–Kier alpha value is -3.49. The third-order valence-corrected chi connectivity index (χ3v) is 7.33. The number of nitrogens with one attached hydrogen (secondary N) is 1. The quantitative estimate of drug-likeness (QED) is 0.605. The van der Waals surface area contributed by atoms with Crippen molar-refractivity contribution in [2.75, 3.05) is 16.8 Å². The molecule has 0 aliphatic carbocycles. The van der Waals surface area contributed by atoms with Crippen LogP contribution in [-0.4, -0.2) is 37.1 Å². The van der Waals surface area contributed by atoms with Crippen molar-refractivity contribution in [2.24, 2.45) is 0 Å². The summed E-state index contributed by atoms with van der Waals surface area (Å²) in [5, 5.41) is 2.82. The fourth-order valence-corrected chi connectivity index (χ4v) is 5.35. The maximum atomic E-state index is 13.6. The monoisotopic (exact) mass is 463 g/mol. The number of hydrogen-bond donors (Lipinski definition) is 1. The number of benzene rings is 3. The minimum absolute atomic E-state index is 0.0465. The number of rotatable bonds is 6. The summed E-state index contributed by atoms with van der Waals surface area (Å²) in [7, 11) is -3.94. The van der Waals surface area contributed by atoms with Gasteiger partial charge in [-0.15, -0.1) is 0 Å². The molecule has 0 spiro atoms. The van der Waals surface area contributed by atoms with E-state index in [1.54, 1.807) is 49.4 Å². The van der Waals surface area contributed by atoms with Gasteiger partial charge in [-0.3, -0.25) is 9.59 Å². The molecule has 1 heterocycles. The molecule has 1 atom stereocenters. The van der Waals surface area contributed by atoms with Crippen LogP contribution >= 0.6 is 0 Å². The van der Waals surface area contributed by atoms with Crippen LogP contribution in [0.5, 0.6) is 0 Å². The zero-order valence-corrected chi connectivity index (χ0v) is 19.0. The van der Waals surface area contributed by atoms with E-state index >= 15 is 0 Å². The Morgan fingerprint density at radius 3 is 2.27 bits per heavy atom. The molecule has 1 N–H and O–H groups in total. The Balaban J connectivity index is 1.70. The molecule has 3 aromatic rings. The van der Waals surface area contributed by atoms with Crippen LogP contribution in [0.25, 0.3) is 0 Å². The normalized spacial score (nSPS) is 16.1. The lowest BCUT2D eigenvalue weighted by molar-refractivity contribution is -0.119. The molecule has 2 amide bonds. The van der Waals surface area contributed by atoms with E-state index in [2.05, 4.69) is 5.32 Å². The van der Waals surface area contributed by atoms with Gasteiger partial charge in [-0.2, -0.15) is 4.31 Å². The van der Waals surface area contributed by atoms with Gasteiger partial charge in [0.15, 0.2) is 0 Å². The highest BCUT2D eigenvalue weighted by atomic mass is 32.2. The molecule has 1 aliphatic heterocycles. The fraction of sp³-hybridized carbons (Fsp3) is 0.200. The van der Waals surface area contributed by atoms with Gasteiger partial charge in [0.1, 0.15) is 0 Å². The Morgan fingerprint density at radius 1 is 0.970 bits per heavy atom. The molecule has 7 nitrogen and oxygen atoms in total. The number of anilines is 2. The number of nitrogens with zero attached hydrogens (tertiary/aromatic N) is 2. The van der Waals surface area contributed by atoms with Gasteiger partial charge >= 0.3 is 0 Å². The first kappa shape index (κ1) is 22.7. The van der Waals surface area contributed by atoms with Gasteiger partial charge in [0, 0.05) is 19.0 Å². The highest BCUT2D eigenvalue weighted by Crippen LogP contribution is 2.32. The van der Waals surface area contributed by atoms with Crippen molar-refractivity contribution in [3.05, 3.63) is 90.5 Å². The van der Waals surface area contributed by atoms with E-state index in [4.69, 9.17) is 0 Å². The van der Waals surface area contributed by atoms with Gasteiger partial charge < -0.3 is 10.2 Å². The van der Waals surface area contributed by atoms with Gasteiger partial charge in [0.25, 0.3) is 0 Å². The minimum atomic E-state index is -3.94. The van der Waals surface area contributed by atoms with E-state index in [1.807, 2.05) is 30.3 Å². The molecular weight excluding hydrogens is 438 g/mol. The lowest BCUT2D eigenvalue weighted by Gasteiger charge is -2.30. The molecular formula is C25H25N3O4S. The summed E-state index contributed by atoms with van der Waals surface area (Å²) >= 11 is 0. The molecule has 0 saturated carbocycles. The van der Waals surface area contributed by atoms with Gasteiger partial charge in [0.05, 0.1) is 22.8 Å². The van der Waals surface area contributed by atoms with E-state index in [-0.39, 0.29) is 30.3 Å². The van der Waals surface area contributed by atoms with E-state index in [1.165, 1.54) is 21.3 Å². The van der Waals surface area contributed by atoms with Crippen molar-refractivity contribution in [3.8, 4) is 0 Å². The van der Waals surface area contributed by atoms with E-state index < -0.39 is 22.0 Å². The van der Waals surface area contributed by atoms with Crippen LogP contribution in [0.4, 0.5) is 11.4 Å². The van der Waals surface area contributed by atoms with Crippen LogP contribution in [-0.2, 0) is 26.2 Å². The maximum absolute atomic E-state index is 13.6. The molecule has 170 valence electrons. The smallest absolute Gasteiger partial charge is 0.243 e. The van der Waals surface area contributed by atoms with Crippen LogP contribution in [0, 0.1) is 0 Å². The lowest BCUT2D eigenvalue weighted by atomic mass is 10.1. The zero-order valence-electron chi connectivity index (χ0n) is 18.2. The standard InChI is InChI=1S/C25H25N3O4S/c1-19-16-24(29)26-22-14-8-9-15-23(22)28(19)25(30)18-27(17-20-10-4-2-5-11-20)33(31,32)21-12-6-3-7-13-21/h2-15,19H,16-18H2,1H3,(H,26,29)/t19-/m1/s1. The van der Waals surface area contributed by atoms with Crippen molar-refractivity contribution in [3.63, 3.8) is 0 Å². The predicted molar refractivity (Wildman–Crippen MR) is 127 cm³/mol. The number of para-hydroxylation sites is 2. The summed E-state index contributed by atoms with van der Waals surface area (Å²) in [6.07, 6.45) is 0.116. The Bertz CT molecular complexity index is 1250. The molecule has 3 aromatic carbocycles. The Kier molecular flexibility index (Phi) is 6.57. The molecule has 0 bridgehead atoms. The summed E-state index contributed by atoms with van der Waals surface area (Å²) in [5.74, 6) is -0.592. The SMILES string of the molecule is C[C@@H]1CC(=O)Nc2ccccc2N1C(=O)CN(Cc1ccccc1)S(=O)(=O)c1ccccc1. The topological polar surface area (TPSA) is 86.8 Å². The average Bonchev–Trinajstić information content (AvgIpc) is 2.94. The number of sulfonamides is 1. The summed E-state index contributed by atoms with van der Waals surface area (Å²) in [6.45, 7) is 1.47. The summed E-state index contributed by atoms with van der Waals surface area (Å²) in [6, 6.07) is 23.9. The van der Waals surface area contributed by atoms with Gasteiger partial charge in [-0.25, -0.2) is 8.42 Å². The summed E-state index contributed by atoms with van der Waals surface area (Å²) < 4.78 is 28.2. The fourth-order valence-electron chi connectivity index (χ4n) is 3.95. The Morgan fingerprint density at radius 2 is 1.58 bits per heavy atom. The van der Waals surface area contributed by atoms with Crippen molar-refractivity contribution in [1.82, 2.24) is 4.31 Å². The van der Waals surface area contributed by atoms with Crippen molar-refractivity contribution >= 4 is 33.2 Å². The van der Waals surface area contributed by atoms with Crippen LogP contribution in [0.3, 0.4) is 0 Å². The first-order valence-corrected chi connectivity index (χ1v) is 12.1. The molecule has 0 unspecified atom stereocenters. The van der Waals surface area contributed by atoms with Crippen molar-refractivity contribution < 1.29 is 18.0 Å². The zero-order chi connectivity index (χ0) is 23.4. The molecule has 0 fully saturated rings. The molecule has 0 aromatic heterocycles. The van der Waals surface area contributed by atoms with Crippen LogP contribution in [0.2, 0.25) is 0 Å². The first-order chi connectivity index (χ1) is 15.9. The predicted octanol–water partition coefficient (Wildman–Crippen LogP) is 3.64. The molecule has 8 heteroatoms. The highest BCUT2D eigenvalue weighted by Gasteiger charge is 2.33. The Labute approximate surface area is 193 Å². The van der Waals surface area contributed by atoms with Crippen LogP contribution in [0.15, 0.2) is 89.8 Å². The molecule has 4 rings (SSSR count). The molecule has 0 saturated heterocycles. The average molecular weight is 464 g/mol. The van der Waals surface area contributed by atoms with Gasteiger partial charge in [-0.05, 0) is 36.8 Å². The number of carbonyl (C=O) groups is 2. The third kappa shape index (κ3) is 4.97. The molecule has 0 radical (unpaired) electrons. The summed E-state index contributed by atoms with van der Waals surface area (Å²) in [5.41, 5.74) is 1.85. The van der Waals surface area contributed by atoms with E-state index in [0.717, 1.165) is 5.56 Å². The number of amides is 2. The molecule has 1 aliphatic rings. The lowest BCUT2D eigenvalue weighted by Crippen LogP contribution is -2.46. The maximum Gasteiger partial charge on any atom is 0.243 e. The second kappa shape index (κ2) is 9.56. The van der Waals surface area contributed by atoms with E-state index in [9.17, 15) is 18.0 Å². The second-order valence-electron chi connectivity index (χ2n) is 7.95. The second-order valence-corrected chi connectivity index (χ2v) is 9.89. The summed E-state index contributed by atoms with van der Waals surface area (Å²) in [4.78, 5) is 27.5. The van der Waals surface area contributed by atoms with Crippen molar-refractivity contribution in [1.29, 1.82) is 0 Å². The number of carbonyl (C=O) groups excluding carboxylic acids is 2.